The molecule has 0 radical (unpaired) electrons. The Balaban J connectivity index is 0.000000145. The molecule has 0 bridgehead atoms. The Labute approximate surface area is 589 Å². The number of hydrogen-bond acceptors (Lipinski definition) is 4. The van der Waals surface area contributed by atoms with Crippen LogP contribution in [-0.4, -0.2) is 9.13 Å². The Hall–Kier alpha value is -12.6. The molecule has 0 aliphatic carbocycles. The number of thiophene rings is 2. The summed E-state index contributed by atoms with van der Waals surface area (Å²) in [4.78, 5) is 4.75. The summed E-state index contributed by atoms with van der Waals surface area (Å²) in [7, 11) is 0. The predicted molar refractivity (Wildman–Crippen MR) is 429 cm³/mol. The van der Waals surface area contributed by atoms with Crippen LogP contribution in [0.25, 0.3) is 129 Å². The average Bonchev–Trinajstić information content (AvgIpc) is 1.56. The molecule has 0 saturated carbocycles. The predicted octanol–water partition coefficient (Wildman–Crippen LogP) is 27.3. The zero-order valence-electron chi connectivity index (χ0n) is 54.6. The molecule has 0 unspecified atom stereocenters. The first-order chi connectivity index (χ1) is 49.7. The van der Waals surface area contributed by atoms with Gasteiger partial charge in [-0.15, -0.1) is 22.7 Å². The maximum absolute atomic E-state index is 2.43. The summed E-state index contributed by atoms with van der Waals surface area (Å²) >= 11 is 3.80. The van der Waals surface area contributed by atoms with Crippen molar-refractivity contribution in [2.24, 2.45) is 0 Å². The topological polar surface area (TPSA) is 16.3 Å². The summed E-state index contributed by atoms with van der Waals surface area (Å²) in [6.45, 7) is 0. The molecule has 0 aliphatic rings. The molecule has 6 heteroatoms. The van der Waals surface area contributed by atoms with Crippen molar-refractivity contribution in [1.82, 2.24) is 9.13 Å². The number of para-hydroxylation sites is 7. The number of hydrogen-bond donors (Lipinski definition) is 0. The van der Waals surface area contributed by atoms with Crippen LogP contribution in [0.5, 0.6) is 0 Å². The van der Waals surface area contributed by atoms with Crippen molar-refractivity contribution in [3.63, 3.8) is 0 Å². The molecule has 472 valence electrons. The molecule has 0 fully saturated rings. The molecular weight excluding hydrogens is 1250 g/mol. The first-order valence-electron chi connectivity index (χ1n) is 34.0. The molecule has 4 aromatic heterocycles. The highest BCUT2D eigenvalue weighted by molar-refractivity contribution is 7.27. The lowest BCUT2D eigenvalue weighted by Gasteiger charge is -2.28. The number of aromatic nitrogens is 2. The Morgan fingerprint density at radius 3 is 0.880 bits per heavy atom. The van der Waals surface area contributed by atoms with Gasteiger partial charge in [-0.3, -0.25) is 0 Å². The Kier molecular flexibility index (Phi) is 15.6. The third kappa shape index (κ3) is 10.8. The second-order valence-electron chi connectivity index (χ2n) is 25.1. The minimum Gasteiger partial charge on any atom is -0.310 e. The number of rotatable bonds is 13. The molecular formula is C94H64N4S2. The van der Waals surface area contributed by atoms with E-state index < -0.39 is 0 Å². The van der Waals surface area contributed by atoms with E-state index in [0.717, 1.165) is 34.1 Å². The van der Waals surface area contributed by atoms with Crippen LogP contribution in [0.3, 0.4) is 0 Å². The van der Waals surface area contributed by atoms with Crippen LogP contribution in [-0.2, 0) is 0 Å². The van der Waals surface area contributed by atoms with Gasteiger partial charge >= 0.3 is 0 Å². The molecule has 0 aliphatic heterocycles. The molecule has 0 amide bonds. The maximum Gasteiger partial charge on any atom is 0.0727 e. The van der Waals surface area contributed by atoms with Crippen LogP contribution in [0.1, 0.15) is 0 Å². The van der Waals surface area contributed by atoms with Crippen molar-refractivity contribution >= 4 is 119 Å². The summed E-state index contributed by atoms with van der Waals surface area (Å²) < 4.78 is 10.1. The normalized spacial score (nSPS) is 11.4. The van der Waals surface area contributed by atoms with E-state index in [-0.39, 0.29) is 0 Å². The van der Waals surface area contributed by atoms with E-state index >= 15 is 0 Å². The highest BCUT2D eigenvalue weighted by atomic mass is 32.1. The number of nitrogens with zero attached hydrogens (tertiary/aromatic N) is 4. The minimum atomic E-state index is 1.11. The van der Waals surface area contributed by atoms with E-state index in [2.05, 4.69) is 407 Å². The summed E-state index contributed by atoms with van der Waals surface area (Å²) in [5.41, 5.74) is 26.3. The largest absolute Gasteiger partial charge is 0.310 e. The Bertz CT molecular complexity index is 6100. The Morgan fingerprint density at radius 1 is 0.190 bits per heavy atom. The molecule has 0 atom stereocenters. The fourth-order valence-electron chi connectivity index (χ4n) is 14.6. The van der Waals surface area contributed by atoms with Crippen LogP contribution in [0.2, 0.25) is 0 Å². The van der Waals surface area contributed by atoms with Crippen LogP contribution < -0.4 is 9.80 Å². The lowest BCUT2D eigenvalue weighted by atomic mass is 10.00. The van der Waals surface area contributed by atoms with Gasteiger partial charge in [-0.1, -0.05) is 291 Å². The van der Waals surface area contributed by atoms with Crippen LogP contribution in [0, 0.1) is 0 Å². The van der Waals surface area contributed by atoms with Crippen molar-refractivity contribution in [2.45, 2.75) is 0 Å². The van der Waals surface area contributed by atoms with E-state index in [1.54, 1.807) is 0 Å². The van der Waals surface area contributed by atoms with E-state index in [0.29, 0.717) is 0 Å². The second-order valence-corrected chi connectivity index (χ2v) is 27.1. The molecule has 15 aromatic carbocycles. The van der Waals surface area contributed by atoms with E-state index in [9.17, 15) is 0 Å². The standard InChI is InChI=1S/C50H34N2S.C44H30N2S/c1-4-15-35(16-5-1)36-27-31-40(32-28-36)51(46-25-12-10-21-42(46)37-17-6-2-7-18-37)41-33-29-38(30-34-41)43-23-14-24-45-48-50(53-49(43)45)44-22-11-13-26-47(44)52(48)39-19-8-3-9-20-39;1-4-15-31(16-5-1)36-21-10-12-25-40(36)45(33-17-6-2-7-18-33)35-29-27-32(28-30-35)37-23-14-24-39-42-44(47-43(37)39)38-22-11-13-26-41(38)46(42)34-19-8-3-9-20-34/h1-34H;1-30H. The number of anilines is 6. The molecule has 19 rings (SSSR count). The molecule has 0 N–H and O–H groups in total. The molecule has 0 spiro atoms. The molecule has 19 aromatic rings. The highest BCUT2D eigenvalue weighted by Gasteiger charge is 2.24. The van der Waals surface area contributed by atoms with Crippen molar-refractivity contribution < 1.29 is 0 Å². The van der Waals surface area contributed by atoms with Gasteiger partial charge in [0.15, 0.2) is 0 Å². The van der Waals surface area contributed by atoms with Gasteiger partial charge in [-0.05, 0) is 142 Å². The number of fused-ring (bicyclic) bond motifs is 10. The van der Waals surface area contributed by atoms with Crippen molar-refractivity contribution in [3.8, 4) is 67.0 Å². The van der Waals surface area contributed by atoms with Crippen molar-refractivity contribution in [1.29, 1.82) is 0 Å². The van der Waals surface area contributed by atoms with Gasteiger partial charge in [-0.2, -0.15) is 0 Å². The summed E-state index contributed by atoms with van der Waals surface area (Å²) in [5, 5.41) is 5.15. The van der Waals surface area contributed by atoms with Gasteiger partial charge in [0.25, 0.3) is 0 Å². The summed E-state index contributed by atoms with van der Waals surface area (Å²) in [6, 6.07) is 140. The first-order valence-corrected chi connectivity index (χ1v) is 35.6. The first kappa shape index (κ1) is 59.9. The fourth-order valence-corrected chi connectivity index (χ4v) is 17.3. The quantitative estimate of drug-likeness (QED) is 0.114. The molecule has 0 saturated heterocycles. The van der Waals surface area contributed by atoms with Gasteiger partial charge in [-0.25, -0.2) is 0 Å². The lowest BCUT2D eigenvalue weighted by Crippen LogP contribution is -2.11. The van der Waals surface area contributed by atoms with E-state index in [4.69, 9.17) is 0 Å². The van der Waals surface area contributed by atoms with Crippen molar-refractivity contribution in [3.05, 3.63) is 388 Å². The van der Waals surface area contributed by atoms with Gasteiger partial charge in [0.1, 0.15) is 0 Å². The maximum atomic E-state index is 2.43. The SMILES string of the molecule is c1ccc(-c2ccc(N(c3ccc(-c4cccc5c4sc4c6ccccc6n(-c6ccccc6)c54)cc3)c3ccccc3-c3ccccc3)cc2)cc1.c1ccc(-c2ccccc2N(c2ccccc2)c2ccc(-c3cccc4c3sc3c5ccccc5n(-c5ccccc5)c43)cc2)cc1. The summed E-state index contributed by atoms with van der Waals surface area (Å²) in [5.74, 6) is 0. The summed E-state index contributed by atoms with van der Waals surface area (Å²) in [6.07, 6.45) is 0. The lowest BCUT2D eigenvalue weighted by molar-refractivity contribution is 1.19. The smallest absolute Gasteiger partial charge is 0.0727 e. The fraction of sp³-hybridized carbons (Fsp3) is 0. The molecule has 4 nitrogen and oxygen atoms in total. The van der Waals surface area contributed by atoms with Crippen LogP contribution >= 0.6 is 22.7 Å². The third-order valence-electron chi connectivity index (χ3n) is 19.2. The third-order valence-corrected chi connectivity index (χ3v) is 21.7. The molecule has 100 heavy (non-hydrogen) atoms. The number of benzene rings is 15. The van der Waals surface area contributed by atoms with Gasteiger partial charge < -0.3 is 18.9 Å². The van der Waals surface area contributed by atoms with Gasteiger partial charge in [0.05, 0.1) is 42.8 Å². The van der Waals surface area contributed by atoms with Gasteiger partial charge in [0, 0.05) is 76.2 Å². The zero-order valence-corrected chi connectivity index (χ0v) is 56.2. The highest BCUT2D eigenvalue weighted by Crippen LogP contribution is 2.50. The monoisotopic (exact) mass is 1310 g/mol. The average molecular weight is 1310 g/mol. The van der Waals surface area contributed by atoms with Crippen LogP contribution in [0.4, 0.5) is 34.1 Å². The second kappa shape index (κ2) is 26.1. The molecule has 4 heterocycles. The minimum absolute atomic E-state index is 1.11. The van der Waals surface area contributed by atoms with Crippen molar-refractivity contribution in [2.75, 3.05) is 9.80 Å². The van der Waals surface area contributed by atoms with E-state index in [1.807, 2.05) is 22.7 Å². The Morgan fingerprint density at radius 2 is 0.470 bits per heavy atom. The van der Waals surface area contributed by atoms with Crippen LogP contribution in [0.15, 0.2) is 388 Å². The van der Waals surface area contributed by atoms with Gasteiger partial charge in [0.2, 0.25) is 0 Å². The van der Waals surface area contributed by atoms with E-state index in [1.165, 1.54) is 129 Å². The zero-order chi connectivity index (χ0) is 66.3.